The zero-order chi connectivity index (χ0) is 14.5. The Morgan fingerprint density at radius 1 is 1.10 bits per heavy atom. The van der Waals surface area contributed by atoms with Crippen molar-refractivity contribution >= 4 is 0 Å². The summed E-state index contributed by atoms with van der Waals surface area (Å²) in [5.74, 6) is 1.67. The molecule has 0 saturated heterocycles. The van der Waals surface area contributed by atoms with Gasteiger partial charge in [0, 0.05) is 19.1 Å². The lowest BCUT2D eigenvalue weighted by atomic mass is 9.94. The normalized spacial score (nSPS) is 22.5. The van der Waals surface area contributed by atoms with E-state index in [1.807, 2.05) is 24.3 Å². The summed E-state index contributed by atoms with van der Waals surface area (Å²) in [5.41, 5.74) is 0. The summed E-state index contributed by atoms with van der Waals surface area (Å²) in [6.07, 6.45) is 6.48. The third-order valence-corrected chi connectivity index (χ3v) is 4.48. The van der Waals surface area contributed by atoms with Crippen LogP contribution in [0, 0.1) is 0 Å². The fraction of sp³-hybridized carbons (Fsp3) is 0.647. The number of aliphatic hydroxyl groups is 1. The first-order valence-electron chi connectivity index (χ1n) is 8.10. The second-order valence-electron chi connectivity index (χ2n) is 6.01. The lowest BCUT2D eigenvalue weighted by molar-refractivity contribution is 0.0311. The lowest BCUT2D eigenvalue weighted by Gasteiger charge is -2.37. The Kier molecular flexibility index (Phi) is 4.99. The molecule has 0 aromatic heterocycles. The van der Waals surface area contributed by atoms with E-state index in [-0.39, 0.29) is 12.7 Å². The molecular weight excluding hydrogens is 266 g/mol. The van der Waals surface area contributed by atoms with Gasteiger partial charge in [-0.25, -0.2) is 0 Å². The fourth-order valence-corrected chi connectivity index (χ4v) is 3.41. The number of nitrogens with zero attached hydrogens (tertiary/aromatic N) is 1. The summed E-state index contributed by atoms with van der Waals surface area (Å²) < 4.78 is 11.8. The number of ether oxygens (including phenoxy) is 2. The van der Waals surface area contributed by atoms with Crippen molar-refractivity contribution in [1.29, 1.82) is 0 Å². The topological polar surface area (TPSA) is 41.9 Å². The molecule has 1 heterocycles. The van der Waals surface area contributed by atoms with Crippen molar-refractivity contribution in [3.05, 3.63) is 24.3 Å². The lowest BCUT2D eigenvalue weighted by Crippen LogP contribution is -2.47. The molecule has 2 aliphatic rings. The van der Waals surface area contributed by atoms with E-state index in [1.165, 1.54) is 32.1 Å². The first-order valence-corrected chi connectivity index (χ1v) is 8.10. The highest BCUT2D eigenvalue weighted by Crippen LogP contribution is 2.31. The highest BCUT2D eigenvalue weighted by molar-refractivity contribution is 5.40. The van der Waals surface area contributed by atoms with Crippen LogP contribution in [0.1, 0.15) is 32.1 Å². The van der Waals surface area contributed by atoms with Crippen LogP contribution in [-0.4, -0.2) is 48.5 Å². The number of para-hydroxylation sites is 2. The molecule has 1 saturated carbocycles. The van der Waals surface area contributed by atoms with Crippen LogP contribution in [0.3, 0.4) is 0 Å². The van der Waals surface area contributed by atoms with Crippen LogP contribution in [0.25, 0.3) is 0 Å². The molecule has 116 valence electrons. The van der Waals surface area contributed by atoms with Crippen molar-refractivity contribution in [2.75, 3.05) is 26.3 Å². The smallest absolute Gasteiger partial charge is 0.161 e. The molecule has 0 amide bonds. The van der Waals surface area contributed by atoms with Crippen molar-refractivity contribution in [1.82, 2.24) is 4.90 Å². The molecule has 0 radical (unpaired) electrons. The molecule has 1 fully saturated rings. The van der Waals surface area contributed by atoms with Crippen molar-refractivity contribution in [3.63, 3.8) is 0 Å². The third kappa shape index (κ3) is 3.69. The van der Waals surface area contributed by atoms with E-state index in [4.69, 9.17) is 9.47 Å². The van der Waals surface area contributed by atoms with Crippen LogP contribution in [0.5, 0.6) is 11.5 Å². The molecule has 4 nitrogen and oxygen atoms in total. The predicted molar refractivity (Wildman–Crippen MR) is 81.9 cm³/mol. The number of hydrogen-bond donors (Lipinski definition) is 1. The summed E-state index contributed by atoms with van der Waals surface area (Å²) in [5, 5.41) is 9.34. The zero-order valence-electron chi connectivity index (χ0n) is 12.5. The number of fused-ring (bicyclic) bond motifs is 1. The second-order valence-corrected chi connectivity index (χ2v) is 6.01. The molecule has 1 aromatic carbocycles. The van der Waals surface area contributed by atoms with Gasteiger partial charge < -0.3 is 14.6 Å². The molecule has 1 aromatic rings. The Hall–Kier alpha value is -1.26. The van der Waals surface area contributed by atoms with Crippen LogP contribution >= 0.6 is 0 Å². The van der Waals surface area contributed by atoms with Gasteiger partial charge in [0.05, 0.1) is 6.61 Å². The van der Waals surface area contributed by atoms with E-state index in [2.05, 4.69) is 4.90 Å². The summed E-state index contributed by atoms with van der Waals surface area (Å²) in [6, 6.07) is 8.42. The van der Waals surface area contributed by atoms with Gasteiger partial charge in [0.15, 0.2) is 11.5 Å². The van der Waals surface area contributed by atoms with Gasteiger partial charge in [0.25, 0.3) is 0 Å². The maximum absolute atomic E-state index is 9.34. The minimum absolute atomic E-state index is 0.0494. The van der Waals surface area contributed by atoms with Gasteiger partial charge in [-0.05, 0) is 25.0 Å². The van der Waals surface area contributed by atoms with Gasteiger partial charge in [-0.1, -0.05) is 31.4 Å². The summed E-state index contributed by atoms with van der Waals surface area (Å²) in [7, 11) is 0. The maximum atomic E-state index is 9.34. The van der Waals surface area contributed by atoms with Gasteiger partial charge in [-0.2, -0.15) is 0 Å². The molecule has 3 rings (SSSR count). The minimum Gasteiger partial charge on any atom is -0.486 e. The minimum atomic E-state index is 0.0494. The quantitative estimate of drug-likeness (QED) is 0.905. The van der Waals surface area contributed by atoms with E-state index in [0.29, 0.717) is 12.6 Å². The van der Waals surface area contributed by atoms with Crippen molar-refractivity contribution in [2.24, 2.45) is 0 Å². The van der Waals surface area contributed by atoms with Crippen LogP contribution in [0.2, 0.25) is 0 Å². The first-order chi connectivity index (χ1) is 10.4. The Bertz CT molecular complexity index is 445. The Balaban J connectivity index is 1.61. The fourth-order valence-electron chi connectivity index (χ4n) is 3.41. The average molecular weight is 291 g/mol. The summed E-state index contributed by atoms with van der Waals surface area (Å²) >= 11 is 0. The highest BCUT2D eigenvalue weighted by Gasteiger charge is 2.27. The zero-order valence-corrected chi connectivity index (χ0v) is 12.5. The number of rotatable bonds is 5. The molecule has 0 spiro atoms. The first kappa shape index (κ1) is 14.7. The molecule has 21 heavy (non-hydrogen) atoms. The van der Waals surface area contributed by atoms with Crippen molar-refractivity contribution < 1.29 is 14.6 Å². The molecule has 1 aliphatic heterocycles. The molecule has 1 unspecified atom stereocenters. The van der Waals surface area contributed by atoms with Gasteiger partial charge in [0.1, 0.15) is 12.7 Å². The van der Waals surface area contributed by atoms with Crippen LogP contribution < -0.4 is 9.47 Å². The van der Waals surface area contributed by atoms with Crippen molar-refractivity contribution in [3.8, 4) is 11.5 Å². The van der Waals surface area contributed by atoms with E-state index in [9.17, 15) is 5.11 Å². The largest absolute Gasteiger partial charge is 0.486 e. The van der Waals surface area contributed by atoms with Crippen LogP contribution in [-0.2, 0) is 0 Å². The van der Waals surface area contributed by atoms with E-state index >= 15 is 0 Å². The molecule has 1 atom stereocenters. The van der Waals surface area contributed by atoms with E-state index < -0.39 is 0 Å². The number of aliphatic hydroxyl groups excluding tert-OH is 1. The Labute approximate surface area is 126 Å². The van der Waals surface area contributed by atoms with Crippen molar-refractivity contribution in [2.45, 2.75) is 44.2 Å². The molecular formula is C17H25NO3. The van der Waals surface area contributed by atoms with Crippen LogP contribution in [0.4, 0.5) is 0 Å². The Morgan fingerprint density at radius 2 is 1.86 bits per heavy atom. The van der Waals surface area contributed by atoms with Gasteiger partial charge in [-0.3, -0.25) is 4.90 Å². The SMILES string of the molecule is OCCN(CC1COc2ccccc2O1)C1CCCCC1. The predicted octanol–water partition coefficient (Wildman–Crippen LogP) is 2.45. The number of hydrogen-bond acceptors (Lipinski definition) is 4. The monoisotopic (exact) mass is 291 g/mol. The second kappa shape index (κ2) is 7.14. The third-order valence-electron chi connectivity index (χ3n) is 4.48. The van der Waals surface area contributed by atoms with E-state index in [1.54, 1.807) is 0 Å². The standard InChI is InChI=1S/C17H25NO3/c19-11-10-18(14-6-2-1-3-7-14)12-15-13-20-16-8-4-5-9-17(16)21-15/h4-5,8-9,14-15,19H,1-3,6-7,10-13H2. The molecule has 0 bridgehead atoms. The summed E-state index contributed by atoms with van der Waals surface area (Å²) in [6.45, 7) is 2.36. The average Bonchev–Trinajstić information content (AvgIpc) is 2.55. The van der Waals surface area contributed by atoms with Crippen LogP contribution in [0.15, 0.2) is 24.3 Å². The molecule has 1 N–H and O–H groups in total. The number of benzene rings is 1. The van der Waals surface area contributed by atoms with Gasteiger partial charge in [0.2, 0.25) is 0 Å². The Morgan fingerprint density at radius 3 is 2.62 bits per heavy atom. The highest BCUT2D eigenvalue weighted by atomic mass is 16.6. The van der Waals surface area contributed by atoms with Gasteiger partial charge >= 0.3 is 0 Å². The van der Waals surface area contributed by atoms with E-state index in [0.717, 1.165) is 24.6 Å². The van der Waals surface area contributed by atoms with Gasteiger partial charge in [-0.15, -0.1) is 0 Å². The molecule has 1 aliphatic carbocycles. The maximum Gasteiger partial charge on any atom is 0.161 e. The summed E-state index contributed by atoms with van der Waals surface area (Å²) in [4.78, 5) is 2.39. The molecule has 4 heteroatoms.